The minimum atomic E-state index is -0.997. The van der Waals surface area contributed by atoms with E-state index in [0.717, 1.165) is 0 Å². The predicted molar refractivity (Wildman–Crippen MR) is 131 cm³/mol. The molecular weight excluding hydrogens is 533 g/mol. The van der Waals surface area contributed by atoms with Crippen LogP contribution in [0, 0.1) is 0 Å². The van der Waals surface area contributed by atoms with Crippen LogP contribution in [0.1, 0.15) is 22.8 Å². The number of anilines is 1. The number of rotatable bonds is 5. The Kier molecular flexibility index (Phi) is 8.21. The molecular formula is C23H16BrCl2N3O4. The number of ether oxygens (including phenoxy) is 1. The van der Waals surface area contributed by atoms with Gasteiger partial charge in [0, 0.05) is 15.7 Å². The summed E-state index contributed by atoms with van der Waals surface area (Å²) < 4.78 is 6.12. The summed E-state index contributed by atoms with van der Waals surface area (Å²) in [5, 5.41) is 6.90. The van der Waals surface area contributed by atoms with Crippen LogP contribution < -0.4 is 15.5 Å². The second-order valence-corrected chi connectivity index (χ2v) is 8.26. The SMILES string of the molecule is C/C(=N\NC(=O)C(=O)Nc1ccc(Cl)c(Cl)c1)c1ccccc1OC(=O)c1ccccc1Br. The largest absolute Gasteiger partial charge is 0.422 e. The molecule has 0 radical (unpaired) electrons. The van der Waals surface area contributed by atoms with E-state index >= 15 is 0 Å². The number of para-hydroxylation sites is 1. The minimum absolute atomic E-state index is 0.234. The lowest BCUT2D eigenvalue weighted by Crippen LogP contribution is -2.33. The monoisotopic (exact) mass is 547 g/mol. The van der Waals surface area contributed by atoms with Crippen molar-refractivity contribution in [2.24, 2.45) is 5.10 Å². The van der Waals surface area contributed by atoms with Gasteiger partial charge in [-0.2, -0.15) is 5.10 Å². The summed E-state index contributed by atoms with van der Waals surface area (Å²) in [5.41, 5.74) is 3.62. The molecule has 0 fully saturated rings. The van der Waals surface area contributed by atoms with E-state index in [0.29, 0.717) is 32.0 Å². The van der Waals surface area contributed by atoms with Gasteiger partial charge in [0.2, 0.25) is 0 Å². The number of nitrogens with one attached hydrogen (secondary N) is 2. The van der Waals surface area contributed by atoms with Crippen molar-refractivity contribution in [3.05, 3.63) is 92.4 Å². The molecule has 0 saturated heterocycles. The molecule has 3 aromatic rings. The Hall–Kier alpha value is -3.20. The van der Waals surface area contributed by atoms with Gasteiger partial charge in [0.05, 0.1) is 21.3 Å². The van der Waals surface area contributed by atoms with Gasteiger partial charge in [-0.15, -0.1) is 0 Å². The maximum atomic E-state index is 12.6. The van der Waals surface area contributed by atoms with Crippen LogP contribution in [0.25, 0.3) is 0 Å². The number of hydrogen-bond donors (Lipinski definition) is 2. The van der Waals surface area contributed by atoms with Crippen molar-refractivity contribution in [1.29, 1.82) is 0 Å². The lowest BCUT2D eigenvalue weighted by molar-refractivity contribution is -0.136. The molecule has 0 aliphatic rings. The second kappa shape index (κ2) is 11.1. The van der Waals surface area contributed by atoms with Crippen LogP contribution in [0.3, 0.4) is 0 Å². The second-order valence-electron chi connectivity index (χ2n) is 6.59. The van der Waals surface area contributed by atoms with Crippen LogP contribution in [-0.4, -0.2) is 23.5 Å². The molecule has 0 atom stereocenters. The molecule has 7 nitrogen and oxygen atoms in total. The Morgan fingerprint density at radius 1 is 0.879 bits per heavy atom. The molecule has 168 valence electrons. The van der Waals surface area contributed by atoms with Gasteiger partial charge >= 0.3 is 17.8 Å². The third kappa shape index (κ3) is 6.41. The number of hydrogen-bond acceptors (Lipinski definition) is 5. The van der Waals surface area contributed by atoms with Crippen LogP contribution in [0.15, 0.2) is 76.3 Å². The first-order chi connectivity index (χ1) is 15.8. The minimum Gasteiger partial charge on any atom is -0.422 e. The molecule has 0 saturated carbocycles. The highest BCUT2D eigenvalue weighted by Crippen LogP contribution is 2.25. The Balaban J connectivity index is 1.69. The maximum absolute atomic E-state index is 12.6. The summed E-state index contributed by atoms with van der Waals surface area (Å²) in [6, 6.07) is 18.0. The summed E-state index contributed by atoms with van der Waals surface area (Å²) in [5.74, 6) is -2.26. The van der Waals surface area contributed by atoms with E-state index in [4.69, 9.17) is 27.9 Å². The van der Waals surface area contributed by atoms with Crippen LogP contribution in [-0.2, 0) is 9.59 Å². The van der Waals surface area contributed by atoms with Crippen LogP contribution in [0.2, 0.25) is 10.0 Å². The van der Waals surface area contributed by atoms with E-state index in [9.17, 15) is 14.4 Å². The summed E-state index contributed by atoms with van der Waals surface area (Å²) in [4.78, 5) is 36.8. The van der Waals surface area contributed by atoms with Gasteiger partial charge in [-0.25, -0.2) is 10.2 Å². The lowest BCUT2D eigenvalue weighted by Gasteiger charge is -2.11. The smallest absolute Gasteiger partial charge is 0.344 e. The fourth-order valence-electron chi connectivity index (χ4n) is 2.64. The molecule has 3 rings (SSSR count). The van der Waals surface area contributed by atoms with Crippen molar-refractivity contribution in [3.8, 4) is 5.75 Å². The molecule has 10 heteroatoms. The Labute approximate surface area is 207 Å². The number of benzene rings is 3. The number of esters is 1. The van der Waals surface area contributed by atoms with E-state index in [2.05, 4.69) is 31.8 Å². The highest BCUT2D eigenvalue weighted by atomic mass is 79.9. The van der Waals surface area contributed by atoms with Crippen molar-refractivity contribution in [1.82, 2.24) is 5.43 Å². The zero-order valence-corrected chi connectivity index (χ0v) is 20.2. The summed E-state index contributed by atoms with van der Waals surface area (Å²) in [7, 11) is 0. The van der Waals surface area contributed by atoms with Gasteiger partial charge in [-0.1, -0.05) is 47.5 Å². The van der Waals surface area contributed by atoms with Gasteiger partial charge < -0.3 is 10.1 Å². The maximum Gasteiger partial charge on any atom is 0.344 e. The van der Waals surface area contributed by atoms with Crippen molar-refractivity contribution in [2.45, 2.75) is 6.92 Å². The number of hydrazone groups is 1. The predicted octanol–water partition coefficient (Wildman–Crippen LogP) is 5.45. The summed E-state index contributed by atoms with van der Waals surface area (Å²) in [6.45, 7) is 1.60. The van der Waals surface area contributed by atoms with Crippen LogP contribution in [0.4, 0.5) is 5.69 Å². The number of carbonyl (C=O) groups excluding carboxylic acids is 3. The van der Waals surface area contributed by atoms with E-state index in [1.807, 2.05) is 0 Å². The molecule has 2 amide bonds. The number of carbonyl (C=O) groups is 3. The third-order valence-corrected chi connectivity index (χ3v) is 5.71. The molecule has 0 aromatic heterocycles. The molecule has 0 unspecified atom stereocenters. The van der Waals surface area contributed by atoms with E-state index in [1.54, 1.807) is 55.5 Å². The quantitative estimate of drug-likeness (QED) is 0.145. The number of halogens is 3. The molecule has 2 N–H and O–H groups in total. The Morgan fingerprint density at radius 3 is 2.24 bits per heavy atom. The highest BCUT2D eigenvalue weighted by Gasteiger charge is 2.17. The van der Waals surface area contributed by atoms with Gasteiger partial charge in [0.15, 0.2) is 0 Å². The molecule has 0 spiro atoms. The van der Waals surface area contributed by atoms with Gasteiger partial charge in [-0.3, -0.25) is 9.59 Å². The first kappa shape index (κ1) is 24.4. The third-order valence-electron chi connectivity index (χ3n) is 4.28. The molecule has 33 heavy (non-hydrogen) atoms. The highest BCUT2D eigenvalue weighted by molar-refractivity contribution is 9.10. The molecule has 0 heterocycles. The Morgan fingerprint density at radius 2 is 1.55 bits per heavy atom. The average molecular weight is 549 g/mol. The Bertz CT molecular complexity index is 1260. The fraction of sp³-hybridized carbons (Fsp3) is 0.0435. The standard InChI is InChI=1S/C23H16BrCl2N3O4/c1-13(28-29-22(31)21(30)27-14-10-11-18(25)19(26)12-14)15-6-3-5-9-20(15)33-23(32)16-7-2-4-8-17(16)24/h2-12H,1H3,(H,27,30)(H,29,31)/b28-13+. The normalized spacial score (nSPS) is 11.0. The lowest BCUT2D eigenvalue weighted by atomic mass is 10.1. The van der Waals surface area contributed by atoms with Gasteiger partial charge in [0.25, 0.3) is 0 Å². The molecule has 0 aliphatic carbocycles. The molecule has 3 aromatic carbocycles. The van der Waals surface area contributed by atoms with Gasteiger partial charge in [0.1, 0.15) is 5.75 Å². The first-order valence-electron chi connectivity index (χ1n) is 9.43. The summed E-state index contributed by atoms with van der Waals surface area (Å²) in [6.07, 6.45) is 0. The first-order valence-corrected chi connectivity index (χ1v) is 11.0. The summed E-state index contributed by atoms with van der Waals surface area (Å²) >= 11 is 15.1. The molecule has 0 aliphatic heterocycles. The van der Waals surface area contributed by atoms with Crippen molar-refractivity contribution >= 4 is 68.3 Å². The fourth-order valence-corrected chi connectivity index (χ4v) is 3.39. The van der Waals surface area contributed by atoms with Crippen molar-refractivity contribution in [2.75, 3.05) is 5.32 Å². The average Bonchev–Trinajstić information content (AvgIpc) is 2.80. The van der Waals surface area contributed by atoms with Crippen molar-refractivity contribution in [3.63, 3.8) is 0 Å². The van der Waals surface area contributed by atoms with Crippen molar-refractivity contribution < 1.29 is 19.1 Å². The van der Waals surface area contributed by atoms with Gasteiger partial charge in [-0.05, 0) is 65.3 Å². The molecule has 0 bridgehead atoms. The van der Waals surface area contributed by atoms with Crippen LogP contribution in [0.5, 0.6) is 5.75 Å². The topological polar surface area (TPSA) is 96.9 Å². The number of nitrogens with zero attached hydrogens (tertiary/aromatic N) is 1. The van der Waals surface area contributed by atoms with E-state index in [-0.39, 0.29) is 10.8 Å². The van der Waals surface area contributed by atoms with Crippen LogP contribution >= 0.6 is 39.1 Å². The zero-order chi connectivity index (χ0) is 24.0. The zero-order valence-electron chi connectivity index (χ0n) is 17.1. The van der Waals surface area contributed by atoms with E-state index in [1.165, 1.54) is 18.2 Å². The number of amides is 2. The van der Waals surface area contributed by atoms with E-state index < -0.39 is 17.8 Å².